The Hall–Kier alpha value is -3.62. The van der Waals surface area contributed by atoms with E-state index in [0.29, 0.717) is 37.8 Å². The molecule has 1 fully saturated rings. The van der Waals surface area contributed by atoms with Crippen LogP contribution in [0.4, 0.5) is 0 Å². The van der Waals surface area contributed by atoms with Crippen LogP contribution in [-0.4, -0.2) is 65.0 Å². The van der Waals surface area contributed by atoms with E-state index in [-0.39, 0.29) is 24.1 Å². The zero-order chi connectivity index (χ0) is 20.2. The van der Waals surface area contributed by atoms with Crippen LogP contribution in [0.3, 0.4) is 0 Å². The third kappa shape index (κ3) is 4.13. The van der Waals surface area contributed by atoms with Gasteiger partial charge in [0.2, 0.25) is 17.6 Å². The number of methoxy groups -OCH3 is 1. The van der Waals surface area contributed by atoms with Crippen LogP contribution in [0.5, 0.6) is 5.75 Å². The number of furan rings is 1. The number of piperazine rings is 1. The molecule has 3 heterocycles. The minimum atomic E-state index is -0.164. The highest BCUT2D eigenvalue weighted by molar-refractivity contribution is 5.91. The second-order valence-corrected chi connectivity index (χ2v) is 6.57. The largest absolute Gasteiger partial charge is 0.497 e. The van der Waals surface area contributed by atoms with Gasteiger partial charge in [-0.2, -0.15) is 4.98 Å². The average molecular weight is 396 g/mol. The molecule has 1 aromatic carbocycles. The van der Waals surface area contributed by atoms with Crippen LogP contribution < -0.4 is 4.74 Å². The van der Waals surface area contributed by atoms with Crippen LogP contribution in [-0.2, 0) is 11.2 Å². The fourth-order valence-corrected chi connectivity index (χ4v) is 3.14. The second-order valence-electron chi connectivity index (χ2n) is 6.57. The van der Waals surface area contributed by atoms with Crippen LogP contribution in [0.25, 0.3) is 11.4 Å². The van der Waals surface area contributed by atoms with Crippen molar-refractivity contribution in [3.63, 3.8) is 0 Å². The van der Waals surface area contributed by atoms with Gasteiger partial charge >= 0.3 is 0 Å². The minimum Gasteiger partial charge on any atom is -0.497 e. The molecule has 150 valence electrons. The average Bonchev–Trinajstić information content (AvgIpc) is 3.46. The number of hydrogen-bond donors (Lipinski definition) is 0. The Morgan fingerprint density at radius 1 is 1.07 bits per heavy atom. The van der Waals surface area contributed by atoms with Crippen molar-refractivity contribution in [1.29, 1.82) is 0 Å². The van der Waals surface area contributed by atoms with Crippen molar-refractivity contribution < 1.29 is 23.3 Å². The van der Waals surface area contributed by atoms with E-state index < -0.39 is 0 Å². The van der Waals surface area contributed by atoms with Gasteiger partial charge in [0.05, 0.1) is 13.4 Å². The Bertz CT molecular complexity index is 973. The van der Waals surface area contributed by atoms with Crippen molar-refractivity contribution in [3.8, 4) is 17.1 Å². The molecule has 3 aromatic rings. The third-order valence-corrected chi connectivity index (χ3v) is 4.77. The molecule has 1 saturated heterocycles. The van der Waals surface area contributed by atoms with Gasteiger partial charge in [0, 0.05) is 31.7 Å². The first-order valence-electron chi connectivity index (χ1n) is 9.21. The Labute approximate surface area is 166 Å². The number of nitrogens with zero attached hydrogens (tertiary/aromatic N) is 4. The van der Waals surface area contributed by atoms with E-state index in [2.05, 4.69) is 10.1 Å². The summed E-state index contributed by atoms with van der Waals surface area (Å²) in [5.41, 5.74) is 0.776. The lowest BCUT2D eigenvalue weighted by Crippen LogP contribution is -2.50. The molecule has 9 nitrogen and oxygen atoms in total. The van der Waals surface area contributed by atoms with E-state index in [4.69, 9.17) is 13.7 Å². The second kappa shape index (κ2) is 8.17. The zero-order valence-corrected chi connectivity index (χ0v) is 15.9. The van der Waals surface area contributed by atoms with E-state index in [1.807, 2.05) is 12.1 Å². The lowest BCUT2D eigenvalue weighted by molar-refractivity contribution is -0.132. The van der Waals surface area contributed by atoms with Gasteiger partial charge in [-0.15, -0.1) is 0 Å². The molecule has 0 unspecified atom stereocenters. The lowest BCUT2D eigenvalue weighted by atomic mass is 10.2. The van der Waals surface area contributed by atoms with Crippen molar-refractivity contribution in [3.05, 3.63) is 54.3 Å². The van der Waals surface area contributed by atoms with Crippen LogP contribution in [0, 0.1) is 0 Å². The Morgan fingerprint density at radius 3 is 2.45 bits per heavy atom. The number of hydrogen-bond acceptors (Lipinski definition) is 7. The number of carbonyl (C=O) groups is 2. The van der Waals surface area contributed by atoms with E-state index in [9.17, 15) is 9.59 Å². The molecule has 0 spiro atoms. The molecular weight excluding hydrogens is 376 g/mol. The van der Waals surface area contributed by atoms with Crippen LogP contribution in [0.2, 0.25) is 0 Å². The van der Waals surface area contributed by atoms with Crippen LogP contribution in [0.1, 0.15) is 16.4 Å². The molecule has 0 N–H and O–H groups in total. The van der Waals surface area contributed by atoms with Crippen molar-refractivity contribution in [2.75, 3.05) is 33.3 Å². The molecule has 1 aliphatic rings. The maximum atomic E-state index is 12.6. The highest BCUT2D eigenvalue weighted by Crippen LogP contribution is 2.20. The highest BCUT2D eigenvalue weighted by Gasteiger charge is 2.27. The Kier molecular flexibility index (Phi) is 5.28. The minimum absolute atomic E-state index is 0.0231. The molecule has 29 heavy (non-hydrogen) atoms. The van der Waals surface area contributed by atoms with E-state index in [0.717, 1.165) is 11.3 Å². The summed E-state index contributed by atoms with van der Waals surface area (Å²) in [7, 11) is 1.60. The third-order valence-electron chi connectivity index (χ3n) is 4.77. The summed E-state index contributed by atoms with van der Waals surface area (Å²) >= 11 is 0. The van der Waals surface area contributed by atoms with Crippen molar-refractivity contribution >= 4 is 11.8 Å². The normalized spacial score (nSPS) is 14.1. The van der Waals surface area contributed by atoms with Gasteiger partial charge < -0.3 is 23.5 Å². The van der Waals surface area contributed by atoms with Gasteiger partial charge in [-0.3, -0.25) is 9.59 Å². The summed E-state index contributed by atoms with van der Waals surface area (Å²) in [4.78, 5) is 32.5. The predicted molar refractivity (Wildman–Crippen MR) is 101 cm³/mol. The van der Waals surface area contributed by atoms with Gasteiger partial charge in [0.15, 0.2) is 5.76 Å². The molecule has 0 saturated carbocycles. The number of ether oxygens (including phenoxy) is 1. The monoisotopic (exact) mass is 396 g/mol. The first-order valence-corrected chi connectivity index (χ1v) is 9.21. The van der Waals surface area contributed by atoms with Gasteiger partial charge in [-0.25, -0.2) is 0 Å². The number of amides is 2. The molecule has 2 amide bonds. The number of benzene rings is 1. The van der Waals surface area contributed by atoms with Crippen LogP contribution in [0.15, 0.2) is 51.6 Å². The summed E-state index contributed by atoms with van der Waals surface area (Å²) in [6.07, 6.45) is 1.49. The molecule has 4 rings (SSSR count). The number of rotatable bonds is 5. The molecule has 2 aromatic heterocycles. The van der Waals surface area contributed by atoms with Crippen LogP contribution >= 0.6 is 0 Å². The van der Waals surface area contributed by atoms with E-state index in [1.165, 1.54) is 6.26 Å². The summed E-state index contributed by atoms with van der Waals surface area (Å²) < 4.78 is 15.5. The predicted octanol–water partition coefficient (Wildman–Crippen LogP) is 1.87. The summed E-state index contributed by atoms with van der Waals surface area (Å²) in [6.45, 7) is 1.80. The SMILES string of the molecule is COc1ccc(-c2noc(CC(=O)N3CCN(C(=O)c4ccco4)CC3)n2)cc1. The van der Waals surface area contributed by atoms with Gasteiger partial charge in [0.1, 0.15) is 12.2 Å². The summed E-state index contributed by atoms with van der Waals surface area (Å²) in [5.74, 6) is 1.45. The molecule has 0 aliphatic carbocycles. The quantitative estimate of drug-likeness (QED) is 0.649. The maximum Gasteiger partial charge on any atom is 0.289 e. The number of aromatic nitrogens is 2. The molecular formula is C20H20N4O5. The summed E-state index contributed by atoms with van der Waals surface area (Å²) in [5, 5.41) is 3.94. The molecule has 0 radical (unpaired) electrons. The summed E-state index contributed by atoms with van der Waals surface area (Å²) in [6, 6.07) is 10.6. The first kappa shape index (κ1) is 18.7. The molecule has 0 bridgehead atoms. The van der Waals surface area contributed by atoms with Crippen molar-refractivity contribution in [1.82, 2.24) is 19.9 Å². The molecule has 1 aliphatic heterocycles. The first-order chi connectivity index (χ1) is 14.1. The van der Waals surface area contributed by atoms with Gasteiger partial charge in [-0.05, 0) is 36.4 Å². The maximum absolute atomic E-state index is 12.6. The molecule has 9 heteroatoms. The number of carbonyl (C=O) groups excluding carboxylic acids is 2. The fraction of sp³-hybridized carbons (Fsp3) is 0.300. The Morgan fingerprint density at radius 2 is 1.79 bits per heavy atom. The van der Waals surface area contributed by atoms with Crippen molar-refractivity contribution in [2.45, 2.75) is 6.42 Å². The van der Waals surface area contributed by atoms with E-state index in [1.54, 1.807) is 41.2 Å². The van der Waals surface area contributed by atoms with Gasteiger partial charge in [-0.1, -0.05) is 5.16 Å². The zero-order valence-electron chi connectivity index (χ0n) is 15.9. The smallest absolute Gasteiger partial charge is 0.289 e. The fourth-order valence-electron chi connectivity index (χ4n) is 3.14. The highest BCUT2D eigenvalue weighted by atomic mass is 16.5. The van der Waals surface area contributed by atoms with Gasteiger partial charge in [0.25, 0.3) is 5.91 Å². The Balaban J connectivity index is 1.32. The lowest BCUT2D eigenvalue weighted by Gasteiger charge is -2.34. The molecule has 0 atom stereocenters. The van der Waals surface area contributed by atoms with Crippen molar-refractivity contribution in [2.24, 2.45) is 0 Å². The standard InChI is InChI=1S/C20H20N4O5/c1-27-15-6-4-14(5-7-15)19-21-17(29-22-19)13-18(25)23-8-10-24(11-9-23)20(26)16-3-2-12-28-16/h2-7,12H,8-11,13H2,1H3. The topological polar surface area (TPSA) is 102 Å². The van der Waals surface area contributed by atoms with E-state index >= 15 is 0 Å².